The molecule has 12 nitrogen and oxygen atoms in total. The van der Waals surface area contributed by atoms with E-state index in [0.29, 0.717) is 53.8 Å². The van der Waals surface area contributed by atoms with Crippen LogP contribution in [-0.2, 0) is 36.4 Å². The molecule has 1 saturated heterocycles. The van der Waals surface area contributed by atoms with E-state index in [4.69, 9.17) is 9.47 Å². The fourth-order valence-electron chi connectivity index (χ4n) is 5.10. The van der Waals surface area contributed by atoms with Crippen LogP contribution >= 0.6 is 0 Å². The summed E-state index contributed by atoms with van der Waals surface area (Å²) in [7, 11) is -2.11. The summed E-state index contributed by atoms with van der Waals surface area (Å²) < 4.78 is 52.7. The number of fused-ring (bicyclic) bond motifs is 3. The monoisotopic (exact) mass is 572 g/mol. The number of carbonyl (C=O) groups is 1. The van der Waals surface area contributed by atoms with Gasteiger partial charge in [0.1, 0.15) is 5.82 Å². The standard InChI is InChI=1S/C26H29FN6O6S/c1-38-26(6-9-39-10-7-26)19-11-17(12-20(27)14-19)16-32(8-5-23(34)31-40(2,36)37)21-3-4-22-18(13-21)15-28-24-29-30-25(35)33(22)24/h3-4,11-15H,5-10,16H2,1-2H3,(H,30,35)(H,31,34). The van der Waals surface area contributed by atoms with Gasteiger partial charge in [0.05, 0.1) is 17.4 Å². The van der Waals surface area contributed by atoms with Gasteiger partial charge < -0.3 is 14.4 Å². The molecule has 14 heteroatoms. The van der Waals surface area contributed by atoms with Crippen LogP contribution in [0.1, 0.15) is 30.4 Å². The van der Waals surface area contributed by atoms with Gasteiger partial charge in [0.15, 0.2) is 0 Å². The Balaban J connectivity index is 1.51. The van der Waals surface area contributed by atoms with Gasteiger partial charge in [-0.05, 0) is 41.5 Å². The molecule has 2 aromatic heterocycles. The van der Waals surface area contributed by atoms with Gasteiger partial charge in [-0.15, -0.1) is 5.10 Å². The third-order valence-corrected chi connectivity index (χ3v) is 7.65. The maximum Gasteiger partial charge on any atom is 0.349 e. The van der Waals surface area contributed by atoms with Crippen molar-refractivity contribution in [2.24, 2.45) is 0 Å². The van der Waals surface area contributed by atoms with Crippen LogP contribution in [0.3, 0.4) is 0 Å². The Hall–Kier alpha value is -3.88. The molecule has 212 valence electrons. The molecule has 0 unspecified atom stereocenters. The third kappa shape index (κ3) is 5.83. The summed E-state index contributed by atoms with van der Waals surface area (Å²) >= 11 is 0. The molecule has 0 aliphatic carbocycles. The zero-order valence-electron chi connectivity index (χ0n) is 22.0. The summed E-state index contributed by atoms with van der Waals surface area (Å²) in [6, 6.07) is 10.1. The van der Waals surface area contributed by atoms with Crippen LogP contribution in [0.5, 0.6) is 0 Å². The summed E-state index contributed by atoms with van der Waals surface area (Å²) in [4.78, 5) is 30.6. The molecule has 1 aliphatic heterocycles. The number of H-pyrrole nitrogens is 1. The zero-order valence-corrected chi connectivity index (χ0v) is 22.8. The van der Waals surface area contributed by atoms with E-state index in [2.05, 4.69) is 15.2 Å². The van der Waals surface area contributed by atoms with Crippen LogP contribution in [0.4, 0.5) is 10.1 Å². The van der Waals surface area contributed by atoms with E-state index >= 15 is 0 Å². The molecule has 0 bridgehead atoms. The van der Waals surface area contributed by atoms with Crippen LogP contribution in [0.15, 0.2) is 47.4 Å². The number of nitrogens with one attached hydrogen (secondary N) is 2. The summed E-state index contributed by atoms with van der Waals surface area (Å²) in [5, 5.41) is 6.90. The fraction of sp³-hybridized carbons (Fsp3) is 0.385. The van der Waals surface area contributed by atoms with Crippen LogP contribution in [0.25, 0.3) is 16.7 Å². The van der Waals surface area contributed by atoms with Gasteiger partial charge >= 0.3 is 5.69 Å². The number of hydrogen-bond acceptors (Lipinski definition) is 9. The zero-order chi connectivity index (χ0) is 28.5. The van der Waals surface area contributed by atoms with E-state index in [9.17, 15) is 22.4 Å². The van der Waals surface area contributed by atoms with Crippen molar-refractivity contribution in [2.75, 3.05) is 38.0 Å². The molecular formula is C26H29FN6O6S. The molecule has 3 heterocycles. The second-order valence-electron chi connectivity index (χ2n) is 9.79. The Labute approximate surface area is 229 Å². The second kappa shape index (κ2) is 10.9. The molecule has 1 aliphatic rings. The number of aromatic nitrogens is 4. The number of rotatable bonds is 9. The van der Waals surface area contributed by atoms with Crippen LogP contribution in [0, 0.1) is 5.82 Å². The maximum absolute atomic E-state index is 14.9. The van der Waals surface area contributed by atoms with E-state index in [1.54, 1.807) is 31.5 Å². The predicted molar refractivity (Wildman–Crippen MR) is 145 cm³/mol. The second-order valence-corrected chi connectivity index (χ2v) is 11.5. The van der Waals surface area contributed by atoms with Crippen molar-refractivity contribution in [3.63, 3.8) is 0 Å². The highest BCUT2D eigenvalue weighted by Crippen LogP contribution is 2.36. The molecule has 1 fully saturated rings. The first-order valence-corrected chi connectivity index (χ1v) is 14.5. The van der Waals surface area contributed by atoms with E-state index in [0.717, 1.165) is 6.26 Å². The third-order valence-electron chi connectivity index (χ3n) is 7.05. The van der Waals surface area contributed by atoms with Crippen molar-refractivity contribution in [1.29, 1.82) is 0 Å². The number of halogens is 1. The molecule has 40 heavy (non-hydrogen) atoms. The molecule has 1 amide bonds. The van der Waals surface area contributed by atoms with E-state index in [-0.39, 0.29) is 25.3 Å². The number of aromatic amines is 1. The van der Waals surface area contributed by atoms with E-state index in [1.807, 2.05) is 15.7 Å². The first kappa shape index (κ1) is 27.7. The number of sulfonamides is 1. The minimum absolute atomic E-state index is 0.128. The molecule has 0 saturated carbocycles. The van der Waals surface area contributed by atoms with Crippen LogP contribution < -0.4 is 15.3 Å². The van der Waals surface area contributed by atoms with Crippen LogP contribution in [-0.4, -0.2) is 67.0 Å². The lowest BCUT2D eigenvalue weighted by Gasteiger charge is -2.37. The highest BCUT2D eigenvalue weighted by molar-refractivity contribution is 7.89. The van der Waals surface area contributed by atoms with E-state index < -0.39 is 33.0 Å². The first-order chi connectivity index (χ1) is 19.1. The van der Waals surface area contributed by atoms with Crippen molar-refractivity contribution in [1.82, 2.24) is 24.3 Å². The van der Waals surface area contributed by atoms with Crippen molar-refractivity contribution >= 4 is 38.3 Å². The molecule has 4 aromatic rings. The Kier molecular flexibility index (Phi) is 7.57. The van der Waals surface area contributed by atoms with Gasteiger partial charge in [-0.25, -0.2) is 32.1 Å². The number of ether oxygens (including phenoxy) is 2. The first-order valence-electron chi connectivity index (χ1n) is 12.6. The van der Waals surface area contributed by atoms with E-state index in [1.165, 1.54) is 16.5 Å². The normalized spacial score (nSPS) is 15.4. The Bertz CT molecular complexity index is 1730. The van der Waals surface area contributed by atoms with Gasteiger partial charge in [-0.2, -0.15) is 0 Å². The molecule has 0 atom stereocenters. The lowest BCUT2D eigenvalue weighted by Crippen LogP contribution is -2.36. The number of benzene rings is 2. The number of carbonyl (C=O) groups excluding carboxylic acids is 1. The topological polar surface area (TPSA) is 148 Å². The number of amides is 1. The highest BCUT2D eigenvalue weighted by Gasteiger charge is 2.35. The summed E-state index contributed by atoms with van der Waals surface area (Å²) in [5.74, 6) is -0.858. The smallest absolute Gasteiger partial charge is 0.349 e. The van der Waals surface area contributed by atoms with Gasteiger partial charge in [-0.3, -0.25) is 9.52 Å². The quantitative estimate of drug-likeness (QED) is 0.306. The SMILES string of the molecule is COC1(c2cc(F)cc(CN(CCC(=O)NS(C)(=O)=O)c3ccc4c(cnc5n[nH]c(=O)n54)c3)c2)CCOCC1. The Morgan fingerprint density at radius 3 is 2.75 bits per heavy atom. The molecule has 5 rings (SSSR count). The maximum atomic E-state index is 14.9. The highest BCUT2D eigenvalue weighted by atomic mass is 32.2. The van der Waals surface area contributed by atoms with Gasteiger partial charge in [0.25, 0.3) is 5.78 Å². The minimum Gasteiger partial charge on any atom is -0.381 e. The van der Waals surface area contributed by atoms with Gasteiger partial charge in [0.2, 0.25) is 15.9 Å². The number of hydrogen-bond donors (Lipinski definition) is 2. The summed E-state index contributed by atoms with van der Waals surface area (Å²) in [6.45, 7) is 1.34. The van der Waals surface area contributed by atoms with Gasteiger partial charge in [-0.1, -0.05) is 6.07 Å². The van der Waals surface area contributed by atoms with Crippen LogP contribution in [0.2, 0.25) is 0 Å². The number of methoxy groups -OCH3 is 1. The lowest BCUT2D eigenvalue weighted by atomic mass is 9.85. The molecule has 2 N–H and O–H groups in total. The Morgan fingerprint density at radius 2 is 2.02 bits per heavy atom. The molecular weight excluding hydrogens is 543 g/mol. The van der Waals surface area contributed by atoms with Gasteiger partial charge in [0, 0.05) is 69.9 Å². The summed E-state index contributed by atoms with van der Waals surface area (Å²) in [6.07, 6.45) is 3.53. The largest absolute Gasteiger partial charge is 0.381 e. The average Bonchev–Trinajstić information content (AvgIpc) is 3.30. The Morgan fingerprint density at radius 1 is 1.25 bits per heavy atom. The lowest BCUT2D eigenvalue weighted by molar-refractivity contribution is -0.119. The van der Waals surface area contributed by atoms with Crippen molar-refractivity contribution in [2.45, 2.75) is 31.4 Å². The minimum atomic E-state index is -3.72. The fourth-order valence-corrected chi connectivity index (χ4v) is 5.61. The molecule has 0 radical (unpaired) electrons. The molecule has 0 spiro atoms. The number of nitrogens with zero attached hydrogens (tertiary/aromatic N) is 4. The van der Waals surface area contributed by atoms with Crippen molar-refractivity contribution in [3.8, 4) is 0 Å². The average molecular weight is 573 g/mol. The molecule has 2 aromatic carbocycles. The van der Waals surface area contributed by atoms with Crippen molar-refractivity contribution < 1.29 is 27.1 Å². The van der Waals surface area contributed by atoms with Crippen molar-refractivity contribution in [3.05, 3.63) is 70.0 Å². The summed E-state index contributed by atoms with van der Waals surface area (Å²) in [5.41, 5.74) is 1.48. The predicted octanol–water partition coefficient (Wildman–Crippen LogP) is 1.83. The number of anilines is 1.